The van der Waals surface area contributed by atoms with Crippen LogP contribution < -0.4 is 0 Å². The molecule has 2 aliphatic rings. The molecule has 2 fully saturated rings. The zero-order valence-corrected chi connectivity index (χ0v) is 20.3. The van der Waals surface area contributed by atoms with Gasteiger partial charge in [-0.3, -0.25) is 9.59 Å². The number of nitrogens with zero attached hydrogens (tertiary/aromatic N) is 3. The van der Waals surface area contributed by atoms with Crippen LogP contribution in [0.25, 0.3) is 0 Å². The number of benzene rings is 1. The Kier molecular flexibility index (Phi) is 8.15. The Morgan fingerprint density at radius 2 is 1.73 bits per heavy atom. The third-order valence-corrected chi connectivity index (χ3v) is 7.47. The van der Waals surface area contributed by atoms with Gasteiger partial charge in [-0.25, -0.2) is 4.39 Å². The first-order chi connectivity index (χ1) is 16.0. The predicted octanol–water partition coefficient (Wildman–Crippen LogP) is 4.45. The van der Waals surface area contributed by atoms with Gasteiger partial charge in [0.05, 0.1) is 13.1 Å². The third-order valence-electron chi connectivity index (χ3n) is 6.48. The minimum Gasteiger partial charge on any atom is -0.332 e. The van der Waals surface area contributed by atoms with E-state index in [1.807, 2.05) is 0 Å². The van der Waals surface area contributed by atoms with Gasteiger partial charge < -0.3 is 14.7 Å². The van der Waals surface area contributed by atoms with Gasteiger partial charge in [-0.1, -0.05) is 18.6 Å². The van der Waals surface area contributed by atoms with E-state index in [-0.39, 0.29) is 30.1 Å². The summed E-state index contributed by atoms with van der Waals surface area (Å²) in [5.74, 6) is -0.138. The number of rotatable bonds is 10. The second kappa shape index (κ2) is 11.3. The van der Waals surface area contributed by atoms with Crippen LogP contribution in [-0.2, 0) is 22.7 Å². The normalized spacial score (nSPS) is 16.5. The number of hydrogen-bond acceptors (Lipinski definition) is 4. The number of halogens is 1. The fourth-order valence-corrected chi connectivity index (χ4v) is 5.27. The molecule has 2 amide bonds. The zero-order chi connectivity index (χ0) is 23.2. The summed E-state index contributed by atoms with van der Waals surface area (Å²) >= 11 is 1.67. The number of aryl methyl sites for hydroxylation is 1. The van der Waals surface area contributed by atoms with Crippen molar-refractivity contribution in [2.75, 3.05) is 32.7 Å². The molecule has 7 heteroatoms. The summed E-state index contributed by atoms with van der Waals surface area (Å²) in [7, 11) is 0. The molecule has 1 aromatic heterocycles. The van der Waals surface area contributed by atoms with E-state index < -0.39 is 0 Å². The molecule has 1 aliphatic heterocycles. The van der Waals surface area contributed by atoms with Crippen molar-refractivity contribution in [3.63, 3.8) is 0 Å². The quantitative estimate of drug-likeness (QED) is 0.514. The Balaban J connectivity index is 1.45. The SMILES string of the molecule is Cc1ccc(CN(Cc2ccc(F)cc2)C(=O)CN(CCN2CCCCC2)C(=O)C2CC2)s1. The maximum absolute atomic E-state index is 13.5. The van der Waals surface area contributed by atoms with E-state index in [2.05, 4.69) is 24.0 Å². The molecule has 0 bridgehead atoms. The van der Waals surface area contributed by atoms with Crippen LogP contribution in [0.5, 0.6) is 0 Å². The molecule has 0 unspecified atom stereocenters. The smallest absolute Gasteiger partial charge is 0.242 e. The number of hydrogen-bond donors (Lipinski definition) is 0. The van der Waals surface area contributed by atoms with E-state index in [0.29, 0.717) is 19.6 Å². The van der Waals surface area contributed by atoms with Crippen LogP contribution in [-0.4, -0.2) is 59.2 Å². The molecule has 1 saturated heterocycles. The van der Waals surface area contributed by atoms with Crippen LogP contribution in [0.1, 0.15) is 47.4 Å². The van der Waals surface area contributed by atoms with Crippen molar-refractivity contribution in [3.05, 3.63) is 57.5 Å². The average Bonchev–Trinajstić information content (AvgIpc) is 3.59. The van der Waals surface area contributed by atoms with Crippen LogP contribution in [0.4, 0.5) is 4.39 Å². The van der Waals surface area contributed by atoms with Gasteiger partial charge in [0.1, 0.15) is 5.82 Å². The summed E-state index contributed by atoms with van der Waals surface area (Å²) in [6, 6.07) is 10.4. The lowest BCUT2D eigenvalue weighted by molar-refractivity contribution is -0.142. The van der Waals surface area contributed by atoms with Crippen molar-refractivity contribution < 1.29 is 14.0 Å². The molecule has 33 heavy (non-hydrogen) atoms. The first-order valence-electron chi connectivity index (χ1n) is 12.1. The number of likely N-dealkylation sites (tertiary alicyclic amines) is 1. The molecular formula is C26H34FN3O2S. The van der Waals surface area contributed by atoms with Crippen LogP contribution in [0.15, 0.2) is 36.4 Å². The molecule has 1 aromatic carbocycles. The van der Waals surface area contributed by atoms with Crippen LogP contribution >= 0.6 is 11.3 Å². The Morgan fingerprint density at radius 3 is 2.36 bits per heavy atom. The monoisotopic (exact) mass is 471 g/mol. The predicted molar refractivity (Wildman–Crippen MR) is 129 cm³/mol. The molecule has 0 spiro atoms. The fourth-order valence-electron chi connectivity index (χ4n) is 4.36. The highest BCUT2D eigenvalue weighted by Crippen LogP contribution is 2.31. The van der Waals surface area contributed by atoms with E-state index in [9.17, 15) is 14.0 Å². The molecule has 1 aliphatic carbocycles. The number of thiophene rings is 1. The highest BCUT2D eigenvalue weighted by Gasteiger charge is 2.35. The van der Waals surface area contributed by atoms with Crippen LogP contribution in [0.2, 0.25) is 0 Å². The second-order valence-corrected chi connectivity index (χ2v) is 10.7. The van der Waals surface area contributed by atoms with Gasteiger partial charge in [-0.2, -0.15) is 0 Å². The number of carbonyl (C=O) groups is 2. The minimum absolute atomic E-state index is 0.0574. The van der Waals surface area contributed by atoms with Gasteiger partial charge in [0.15, 0.2) is 0 Å². The van der Waals surface area contributed by atoms with Crippen LogP contribution in [0.3, 0.4) is 0 Å². The maximum Gasteiger partial charge on any atom is 0.242 e. The van der Waals surface area contributed by atoms with E-state index in [0.717, 1.165) is 42.9 Å². The van der Waals surface area contributed by atoms with Gasteiger partial charge in [0, 0.05) is 35.3 Å². The standard InChI is InChI=1S/C26H34FN3O2S/c1-20-5-12-24(33-20)18-30(17-21-6-10-23(27)11-7-21)25(31)19-29(26(32)22-8-9-22)16-15-28-13-3-2-4-14-28/h5-7,10-12,22H,2-4,8-9,13-19H2,1H3. The van der Waals surface area contributed by atoms with Crippen molar-refractivity contribution in [2.24, 2.45) is 5.92 Å². The Morgan fingerprint density at radius 1 is 1.00 bits per heavy atom. The van der Waals surface area contributed by atoms with E-state index >= 15 is 0 Å². The fraction of sp³-hybridized carbons (Fsp3) is 0.538. The Bertz CT molecular complexity index is 935. The molecule has 2 aromatic rings. The molecule has 2 heterocycles. The lowest BCUT2D eigenvalue weighted by Gasteiger charge is -2.31. The van der Waals surface area contributed by atoms with E-state index in [1.54, 1.807) is 33.3 Å². The first kappa shape index (κ1) is 23.9. The summed E-state index contributed by atoms with van der Waals surface area (Å²) in [6.07, 6.45) is 5.56. The molecule has 0 radical (unpaired) electrons. The summed E-state index contributed by atoms with van der Waals surface area (Å²) in [5.41, 5.74) is 0.881. The summed E-state index contributed by atoms with van der Waals surface area (Å²) in [6.45, 7) is 6.63. The van der Waals surface area contributed by atoms with Crippen molar-refractivity contribution in [3.8, 4) is 0 Å². The first-order valence-corrected chi connectivity index (χ1v) is 12.9. The van der Waals surface area contributed by atoms with E-state index in [4.69, 9.17) is 0 Å². The van der Waals surface area contributed by atoms with Gasteiger partial charge in [-0.05, 0) is 75.5 Å². The topological polar surface area (TPSA) is 43.9 Å². The molecule has 1 saturated carbocycles. The summed E-state index contributed by atoms with van der Waals surface area (Å²) < 4.78 is 13.4. The minimum atomic E-state index is -0.288. The Hall–Kier alpha value is -2.25. The summed E-state index contributed by atoms with van der Waals surface area (Å²) in [4.78, 5) is 34.8. The van der Waals surface area contributed by atoms with E-state index in [1.165, 1.54) is 36.3 Å². The lowest BCUT2D eigenvalue weighted by atomic mass is 10.1. The Labute approximate surface area is 200 Å². The largest absolute Gasteiger partial charge is 0.332 e. The van der Waals surface area contributed by atoms with Crippen molar-refractivity contribution in [1.82, 2.24) is 14.7 Å². The third kappa shape index (κ3) is 7.11. The molecule has 0 N–H and O–H groups in total. The average molecular weight is 472 g/mol. The van der Waals surface area contributed by atoms with Crippen molar-refractivity contribution >= 4 is 23.2 Å². The van der Waals surface area contributed by atoms with Crippen molar-refractivity contribution in [2.45, 2.75) is 52.1 Å². The second-order valence-electron chi connectivity index (χ2n) is 9.32. The molecule has 0 atom stereocenters. The van der Waals surface area contributed by atoms with Gasteiger partial charge in [0.2, 0.25) is 11.8 Å². The van der Waals surface area contributed by atoms with Gasteiger partial charge in [-0.15, -0.1) is 11.3 Å². The maximum atomic E-state index is 13.5. The van der Waals surface area contributed by atoms with Crippen LogP contribution in [0, 0.1) is 18.7 Å². The number of carbonyl (C=O) groups excluding carboxylic acids is 2. The molecular weight excluding hydrogens is 437 g/mol. The molecule has 4 rings (SSSR count). The van der Waals surface area contributed by atoms with Crippen molar-refractivity contribution in [1.29, 1.82) is 0 Å². The number of amides is 2. The molecule has 178 valence electrons. The summed E-state index contributed by atoms with van der Waals surface area (Å²) in [5, 5.41) is 0. The highest BCUT2D eigenvalue weighted by molar-refractivity contribution is 7.11. The lowest BCUT2D eigenvalue weighted by Crippen LogP contribution is -2.46. The highest BCUT2D eigenvalue weighted by atomic mass is 32.1. The molecule has 5 nitrogen and oxygen atoms in total. The number of piperidine rings is 1. The van der Waals surface area contributed by atoms with Gasteiger partial charge >= 0.3 is 0 Å². The zero-order valence-electron chi connectivity index (χ0n) is 19.5. The van der Waals surface area contributed by atoms with Gasteiger partial charge in [0.25, 0.3) is 0 Å².